The SMILES string of the molecule is CN(C)S(=O)(=O)c1ccc(F)c(C(=O)Nc2ccccc2Oc2ccccc2)c1. The summed E-state index contributed by atoms with van der Waals surface area (Å²) < 4.78 is 45.6. The molecule has 29 heavy (non-hydrogen) atoms. The lowest BCUT2D eigenvalue weighted by atomic mass is 10.2. The number of halogens is 1. The van der Waals surface area contributed by atoms with Crippen LogP contribution in [0.2, 0.25) is 0 Å². The predicted molar refractivity (Wildman–Crippen MR) is 108 cm³/mol. The Morgan fingerprint density at radius 2 is 1.62 bits per heavy atom. The summed E-state index contributed by atoms with van der Waals surface area (Å²) in [5, 5.41) is 2.58. The van der Waals surface area contributed by atoms with Gasteiger partial charge in [0.15, 0.2) is 5.75 Å². The predicted octanol–water partition coefficient (Wildman–Crippen LogP) is 4.12. The molecule has 3 rings (SSSR count). The van der Waals surface area contributed by atoms with E-state index in [2.05, 4.69) is 5.32 Å². The first-order chi connectivity index (χ1) is 13.8. The molecule has 1 amide bonds. The van der Waals surface area contributed by atoms with Crippen molar-refractivity contribution in [3.63, 3.8) is 0 Å². The second kappa shape index (κ2) is 8.42. The van der Waals surface area contributed by atoms with Crippen LogP contribution in [0.3, 0.4) is 0 Å². The van der Waals surface area contributed by atoms with E-state index in [0.717, 1.165) is 22.5 Å². The number of ether oxygens (including phenoxy) is 1. The fourth-order valence-corrected chi connectivity index (χ4v) is 3.44. The molecule has 0 aromatic heterocycles. The molecule has 0 saturated carbocycles. The smallest absolute Gasteiger partial charge is 0.258 e. The number of para-hydroxylation sites is 3. The van der Waals surface area contributed by atoms with Gasteiger partial charge in [0.2, 0.25) is 10.0 Å². The molecule has 8 heteroatoms. The molecule has 0 fully saturated rings. The van der Waals surface area contributed by atoms with Crippen molar-refractivity contribution in [2.24, 2.45) is 0 Å². The van der Waals surface area contributed by atoms with E-state index in [0.29, 0.717) is 17.2 Å². The lowest BCUT2D eigenvalue weighted by Gasteiger charge is -2.14. The summed E-state index contributed by atoms with van der Waals surface area (Å²) >= 11 is 0. The van der Waals surface area contributed by atoms with Gasteiger partial charge in [-0.25, -0.2) is 17.1 Å². The number of anilines is 1. The van der Waals surface area contributed by atoms with E-state index in [9.17, 15) is 17.6 Å². The first kappa shape index (κ1) is 20.5. The van der Waals surface area contributed by atoms with Crippen molar-refractivity contribution in [3.8, 4) is 11.5 Å². The number of hydrogen-bond donors (Lipinski definition) is 1. The molecule has 0 aliphatic carbocycles. The second-order valence-corrected chi connectivity index (χ2v) is 8.45. The van der Waals surface area contributed by atoms with Gasteiger partial charge < -0.3 is 10.1 Å². The number of sulfonamides is 1. The quantitative estimate of drug-likeness (QED) is 0.658. The Labute approximate surface area is 168 Å². The van der Waals surface area contributed by atoms with Crippen molar-refractivity contribution in [2.75, 3.05) is 19.4 Å². The van der Waals surface area contributed by atoms with Crippen LogP contribution in [0.25, 0.3) is 0 Å². The summed E-state index contributed by atoms with van der Waals surface area (Å²) in [6.45, 7) is 0. The summed E-state index contributed by atoms with van der Waals surface area (Å²) in [5.41, 5.74) is -0.0657. The molecule has 0 heterocycles. The third-order valence-electron chi connectivity index (χ3n) is 4.07. The van der Waals surface area contributed by atoms with Crippen LogP contribution in [0, 0.1) is 5.82 Å². The third-order valence-corrected chi connectivity index (χ3v) is 5.88. The molecule has 150 valence electrons. The summed E-state index contributed by atoms with van der Waals surface area (Å²) in [5.74, 6) is -0.687. The highest BCUT2D eigenvalue weighted by Crippen LogP contribution is 2.30. The lowest BCUT2D eigenvalue weighted by molar-refractivity contribution is 0.102. The van der Waals surface area contributed by atoms with E-state index >= 15 is 0 Å². The van der Waals surface area contributed by atoms with Gasteiger partial charge >= 0.3 is 0 Å². The van der Waals surface area contributed by atoms with E-state index in [1.165, 1.54) is 14.1 Å². The van der Waals surface area contributed by atoms with Gasteiger partial charge in [0.25, 0.3) is 5.91 Å². The van der Waals surface area contributed by atoms with E-state index in [1.54, 1.807) is 36.4 Å². The Kier molecular flexibility index (Phi) is 5.95. The van der Waals surface area contributed by atoms with E-state index in [-0.39, 0.29) is 10.5 Å². The van der Waals surface area contributed by atoms with Gasteiger partial charge in [-0.3, -0.25) is 4.79 Å². The Balaban J connectivity index is 1.90. The summed E-state index contributed by atoms with van der Waals surface area (Å²) in [6.07, 6.45) is 0. The van der Waals surface area contributed by atoms with Gasteiger partial charge in [0.1, 0.15) is 11.6 Å². The molecular formula is C21H19FN2O4S. The van der Waals surface area contributed by atoms with Crippen molar-refractivity contribution in [2.45, 2.75) is 4.90 Å². The highest BCUT2D eigenvalue weighted by Gasteiger charge is 2.22. The van der Waals surface area contributed by atoms with Crippen LogP contribution in [0.4, 0.5) is 10.1 Å². The summed E-state index contributed by atoms with van der Waals surface area (Å²) in [7, 11) is -1.10. The number of carbonyl (C=O) groups excluding carboxylic acids is 1. The van der Waals surface area contributed by atoms with Gasteiger partial charge in [-0.1, -0.05) is 30.3 Å². The van der Waals surface area contributed by atoms with Crippen LogP contribution in [0.1, 0.15) is 10.4 Å². The minimum atomic E-state index is -3.81. The average molecular weight is 414 g/mol. The minimum Gasteiger partial charge on any atom is -0.455 e. The van der Waals surface area contributed by atoms with Crippen LogP contribution >= 0.6 is 0 Å². The van der Waals surface area contributed by atoms with E-state index in [4.69, 9.17) is 4.74 Å². The van der Waals surface area contributed by atoms with Gasteiger partial charge in [-0.05, 0) is 42.5 Å². The van der Waals surface area contributed by atoms with Crippen molar-refractivity contribution < 1.29 is 22.3 Å². The molecular weight excluding hydrogens is 395 g/mol. The largest absolute Gasteiger partial charge is 0.455 e. The standard InChI is InChI=1S/C21H19FN2O4S/c1-24(2)29(26,27)16-12-13-18(22)17(14-16)21(25)23-19-10-6-7-11-20(19)28-15-8-4-3-5-9-15/h3-14H,1-2H3,(H,23,25). The molecule has 6 nitrogen and oxygen atoms in total. The number of carbonyl (C=O) groups is 1. The van der Waals surface area contributed by atoms with Crippen molar-refractivity contribution in [1.82, 2.24) is 4.31 Å². The van der Waals surface area contributed by atoms with Crippen LogP contribution in [0.15, 0.2) is 77.7 Å². The maximum atomic E-state index is 14.3. The van der Waals surface area contributed by atoms with Gasteiger partial charge in [-0.15, -0.1) is 0 Å². The number of benzene rings is 3. The monoisotopic (exact) mass is 414 g/mol. The number of nitrogens with one attached hydrogen (secondary N) is 1. The van der Waals surface area contributed by atoms with Gasteiger partial charge in [0.05, 0.1) is 16.1 Å². The molecule has 0 atom stereocenters. The number of hydrogen-bond acceptors (Lipinski definition) is 4. The van der Waals surface area contributed by atoms with E-state index < -0.39 is 21.7 Å². The number of amides is 1. The normalized spacial score (nSPS) is 11.3. The highest BCUT2D eigenvalue weighted by molar-refractivity contribution is 7.89. The summed E-state index contributed by atoms with van der Waals surface area (Å²) in [4.78, 5) is 12.5. The van der Waals surface area contributed by atoms with Gasteiger partial charge in [0, 0.05) is 14.1 Å². The minimum absolute atomic E-state index is 0.178. The zero-order valence-electron chi connectivity index (χ0n) is 15.8. The van der Waals surface area contributed by atoms with Crippen molar-refractivity contribution in [1.29, 1.82) is 0 Å². The fourth-order valence-electron chi connectivity index (χ4n) is 2.51. The van der Waals surface area contributed by atoms with Crippen LogP contribution in [-0.4, -0.2) is 32.7 Å². The molecule has 0 aliphatic heterocycles. The molecule has 0 bridgehead atoms. The molecule has 0 spiro atoms. The van der Waals surface area contributed by atoms with Crippen LogP contribution in [0.5, 0.6) is 11.5 Å². The molecule has 0 radical (unpaired) electrons. The Morgan fingerprint density at radius 1 is 0.966 bits per heavy atom. The van der Waals surface area contributed by atoms with Crippen LogP contribution < -0.4 is 10.1 Å². The number of rotatable bonds is 6. The third kappa shape index (κ3) is 4.61. The van der Waals surface area contributed by atoms with E-state index in [1.807, 2.05) is 18.2 Å². The zero-order valence-corrected chi connectivity index (χ0v) is 16.6. The van der Waals surface area contributed by atoms with Crippen molar-refractivity contribution in [3.05, 3.63) is 84.2 Å². The maximum Gasteiger partial charge on any atom is 0.258 e. The maximum absolute atomic E-state index is 14.3. The average Bonchev–Trinajstić information content (AvgIpc) is 2.70. The Bertz CT molecular complexity index is 1130. The first-order valence-corrected chi connectivity index (χ1v) is 10.1. The highest BCUT2D eigenvalue weighted by atomic mass is 32.2. The summed E-state index contributed by atoms with van der Waals surface area (Å²) in [6, 6.07) is 18.8. The Morgan fingerprint density at radius 3 is 2.31 bits per heavy atom. The molecule has 3 aromatic rings. The fraction of sp³-hybridized carbons (Fsp3) is 0.0952. The molecule has 0 saturated heterocycles. The molecule has 0 unspecified atom stereocenters. The lowest BCUT2D eigenvalue weighted by Crippen LogP contribution is -2.23. The van der Waals surface area contributed by atoms with Gasteiger partial charge in [-0.2, -0.15) is 0 Å². The van der Waals surface area contributed by atoms with Crippen LogP contribution in [-0.2, 0) is 10.0 Å². The van der Waals surface area contributed by atoms with Crippen molar-refractivity contribution >= 4 is 21.6 Å². The second-order valence-electron chi connectivity index (χ2n) is 6.29. The molecule has 1 N–H and O–H groups in total. The first-order valence-electron chi connectivity index (χ1n) is 8.64. The Hall–Kier alpha value is -3.23. The zero-order chi connectivity index (χ0) is 21.0. The topological polar surface area (TPSA) is 75.7 Å². The molecule has 3 aromatic carbocycles. The number of nitrogens with zero attached hydrogens (tertiary/aromatic N) is 1. The molecule has 0 aliphatic rings.